The smallest absolute Gasteiger partial charge is 0.244 e. The predicted octanol–water partition coefficient (Wildman–Crippen LogP) is -0.273. The summed E-state index contributed by atoms with van der Waals surface area (Å²) in [6, 6.07) is 2.64. The van der Waals surface area contributed by atoms with E-state index in [4.69, 9.17) is 0 Å². The third-order valence-electron chi connectivity index (χ3n) is 3.44. The zero-order valence-corrected chi connectivity index (χ0v) is 15.7. The maximum absolute atomic E-state index is 11.9. The molecule has 0 radical (unpaired) electrons. The van der Waals surface area contributed by atoms with Crippen molar-refractivity contribution in [3.05, 3.63) is 18.3 Å². The Morgan fingerprint density at radius 2 is 2.12 bits per heavy atom. The first-order valence-corrected chi connectivity index (χ1v) is 11.4. The van der Waals surface area contributed by atoms with E-state index in [1.165, 1.54) is 32.4 Å². The molecule has 0 saturated carbocycles. The van der Waals surface area contributed by atoms with Gasteiger partial charge in [0.15, 0.2) is 9.84 Å². The summed E-state index contributed by atoms with van der Waals surface area (Å²) < 4.78 is 47.6. The molecule has 0 spiro atoms. The highest BCUT2D eigenvalue weighted by atomic mass is 32.2. The first-order valence-electron chi connectivity index (χ1n) is 7.11. The molecule has 1 aliphatic heterocycles. The molecule has 2 rings (SSSR count). The lowest BCUT2D eigenvalue weighted by molar-refractivity contribution is -0.119. The van der Waals surface area contributed by atoms with Crippen LogP contribution in [0.5, 0.6) is 0 Å². The number of hydrogen-bond acceptors (Lipinski definition) is 7. The second-order valence-corrected chi connectivity index (χ2v) is 11.0. The minimum atomic E-state index is -3.53. The second-order valence-electron chi connectivity index (χ2n) is 5.58. The summed E-state index contributed by atoms with van der Waals surface area (Å²) in [6.07, 6.45) is 1.69. The number of aromatic nitrogens is 1. The van der Waals surface area contributed by atoms with Crippen LogP contribution in [-0.2, 0) is 24.7 Å². The lowest BCUT2D eigenvalue weighted by Gasteiger charge is -2.11. The third-order valence-corrected chi connectivity index (χ3v) is 7.95. The molecule has 0 aromatic carbocycles. The van der Waals surface area contributed by atoms with Crippen molar-refractivity contribution < 1.29 is 21.6 Å². The van der Waals surface area contributed by atoms with Gasteiger partial charge >= 0.3 is 0 Å². The Morgan fingerprint density at radius 1 is 1.42 bits per heavy atom. The summed E-state index contributed by atoms with van der Waals surface area (Å²) >= 11 is 1.16. The molecule has 1 fully saturated rings. The molecule has 11 heteroatoms. The van der Waals surface area contributed by atoms with Crippen LogP contribution in [0.1, 0.15) is 6.42 Å². The molecule has 24 heavy (non-hydrogen) atoms. The molecular weight excluding hydrogens is 374 g/mol. The molecule has 134 valence electrons. The zero-order valence-electron chi connectivity index (χ0n) is 13.3. The number of rotatable bonds is 6. The van der Waals surface area contributed by atoms with Gasteiger partial charge in [0.2, 0.25) is 15.9 Å². The van der Waals surface area contributed by atoms with Crippen molar-refractivity contribution in [1.29, 1.82) is 0 Å². The molecule has 1 atom stereocenters. The van der Waals surface area contributed by atoms with E-state index in [1.807, 2.05) is 0 Å². The lowest BCUT2D eigenvalue weighted by Crippen LogP contribution is -2.36. The van der Waals surface area contributed by atoms with Gasteiger partial charge in [-0.2, -0.15) is 0 Å². The molecule has 8 nitrogen and oxygen atoms in total. The van der Waals surface area contributed by atoms with Gasteiger partial charge in [0.25, 0.3) is 0 Å². The number of pyridine rings is 1. The van der Waals surface area contributed by atoms with Crippen LogP contribution in [0.2, 0.25) is 0 Å². The van der Waals surface area contributed by atoms with Crippen LogP contribution in [0.4, 0.5) is 0 Å². The normalized spacial score (nSPS) is 20.2. The Balaban J connectivity index is 1.87. The number of sulfonamides is 1. The standard InChI is InChI=1S/C13H19N3O5S3/c1-16(2)24(20,21)11-3-4-13(14-7-11)22-8-12(17)15-10-5-6-23(18,19)9-10/h3-4,7,10H,5-6,8-9H2,1-2H3,(H,15,17)/t10-/m1/s1. The van der Waals surface area contributed by atoms with E-state index < -0.39 is 19.9 Å². The van der Waals surface area contributed by atoms with Crippen LogP contribution in [-0.4, -0.2) is 69.4 Å². The first-order chi connectivity index (χ1) is 11.1. The maximum Gasteiger partial charge on any atom is 0.244 e. The van der Waals surface area contributed by atoms with Crippen molar-refractivity contribution in [2.45, 2.75) is 22.4 Å². The first kappa shape index (κ1) is 19.2. The monoisotopic (exact) mass is 393 g/mol. The van der Waals surface area contributed by atoms with Crippen LogP contribution in [0.25, 0.3) is 0 Å². The summed E-state index contributed by atoms with van der Waals surface area (Å²) in [7, 11) is -3.68. The Hall–Kier alpha value is -1.17. The highest BCUT2D eigenvalue weighted by molar-refractivity contribution is 7.99. The van der Waals surface area contributed by atoms with Gasteiger partial charge in [0.05, 0.1) is 22.3 Å². The van der Waals surface area contributed by atoms with Crippen molar-refractivity contribution in [2.75, 3.05) is 31.4 Å². The molecule has 1 aliphatic rings. The maximum atomic E-state index is 11.9. The Morgan fingerprint density at radius 3 is 2.62 bits per heavy atom. The number of hydrogen-bond donors (Lipinski definition) is 1. The van der Waals surface area contributed by atoms with Gasteiger partial charge in [0.1, 0.15) is 4.90 Å². The van der Waals surface area contributed by atoms with Crippen LogP contribution < -0.4 is 5.32 Å². The van der Waals surface area contributed by atoms with Gasteiger partial charge in [0, 0.05) is 26.3 Å². The number of thioether (sulfide) groups is 1. The van der Waals surface area contributed by atoms with Crippen LogP contribution in [0, 0.1) is 0 Å². The lowest BCUT2D eigenvalue weighted by atomic mass is 10.3. The van der Waals surface area contributed by atoms with Gasteiger partial charge in [-0.25, -0.2) is 26.1 Å². The fourth-order valence-corrected chi connectivity index (χ4v) is 5.31. The minimum absolute atomic E-state index is 0.0151. The molecule has 0 aliphatic carbocycles. The minimum Gasteiger partial charge on any atom is -0.352 e. The van der Waals surface area contributed by atoms with Gasteiger partial charge in [-0.05, 0) is 18.6 Å². The van der Waals surface area contributed by atoms with E-state index in [-0.39, 0.29) is 34.1 Å². The van der Waals surface area contributed by atoms with Gasteiger partial charge in [-0.3, -0.25) is 4.79 Å². The van der Waals surface area contributed by atoms with Gasteiger partial charge < -0.3 is 5.32 Å². The topological polar surface area (TPSA) is 114 Å². The van der Waals surface area contributed by atoms with Crippen LogP contribution in [0.3, 0.4) is 0 Å². The van der Waals surface area contributed by atoms with Crippen LogP contribution >= 0.6 is 11.8 Å². The van der Waals surface area contributed by atoms with E-state index in [1.54, 1.807) is 0 Å². The van der Waals surface area contributed by atoms with Crippen molar-refractivity contribution in [2.24, 2.45) is 0 Å². The number of carbonyl (C=O) groups excluding carboxylic acids is 1. The molecule has 1 aromatic rings. The summed E-state index contributed by atoms with van der Waals surface area (Å²) in [5.41, 5.74) is 0. The number of amides is 1. The summed E-state index contributed by atoms with van der Waals surface area (Å²) in [6.45, 7) is 0. The SMILES string of the molecule is CN(C)S(=O)(=O)c1ccc(SCC(=O)N[C@@H]2CCS(=O)(=O)C2)nc1. The molecule has 0 bridgehead atoms. The van der Waals surface area contributed by atoms with Gasteiger partial charge in [-0.1, -0.05) is 11.8 Å². The van der Waals surface area contributed by atoms with Crippen molar-refractivity contribution in [3.63, 3.8) is 0 Å². The fourth-order valence-electron chi connectivity index (χ4n) is 2.13. The van der Waals surface area contributed by atoms with E-state index in [0.717, 1.165) is 16.1 Å². The van der Waals surface area contributed by atoms with E-state index in [0.29, 0.717) is 11.4 Å². The van der Waals surface area contributed by atoms with Crippen LogP contribution in [0.15, 0.2) is 28.3 Å². The van der Waals surface area contributed by atoms with Crippen molar-refractivity contribution in [1.82, 2.24) is 14.6 Å². The Labute approximate surface area is 146 Å². The molecule has 1 amide bonds. The largest absolute Gasteiger partial charge is 0.352 e. The van der Waals surface area contributed by atoms with Crippen molar-refractivity contribution >= 4 is 37.5 Å². The zero-order chi connectivity index (χ0) is 18.0. The Bertz CT molecular complexity index is 804. The molecule has 1 saturated heterocycles. The molecule has 1 N–H and O–H groups in total. The molecule has 2 heterocycles. The number of nitrogens with zero attached hydrogens (tertiary/aromatic N) is 2. The Kier molecular flexibility index (Phi) is 5.89. The third kappa shape index (κ3) is 4.91. The van der Waals surface area contributed by atoms with E-state index >= 15 is 0 Å². The van der Waals surface area contributed by atoms with E-state index in [9.17, 15) is 21.6 Å². The summed E-state index contributed by atoms with van der Waals surface area (Å²) in [5, 5.41) is 3.20. The average Bonchev–Trinajstić information content (AvgIpc) is 2.84. The second kappa shape index (κ2) is 7.38. The fraction of sp³-hybridized carbons (Fsp3) is 0.538. The summed E-state index contributed by atoms with van der Waals surface area (Å²) in [5.74, 6) is -0.0924. The highest BCUT2D eigenvalue weighted by Crippen LogP contribution is 2.19. The van der Waals surface area contributed by atoms with E-state index in [2.05, 4.69) is 10.3 Å². The van der Waals surface area contributed by atoms with Gasteiger partial charge in [-0.15, -0.1) is 0 Å². The predicted molar refractivity (Wildman–Crippen MR) is 91.0 cm³/mol. The molecular formula is C13H19N3O5S3. The van der Waals surface area contributed by atoms with Crippen molar-refractivity contribution in [3.8, 4) is 0 Å². The number of carbonyl (C=O) groups is 1. The quantitative estimate of drug-likeness (QED) is 0.662. The highest BCUT2D eigenvalue weighted by Gasteiger charge is 2.28. The number of sulfone groups is 1. The molecule has 1 aromatic heterocycles. The average molecular weight is 394 g/mol. The molecule has 0 unspecified atom stereocenters. The number of nitrogens with one attached hydrogen (secondary N) is 1. The summed E-state index contributed by atoms with van der Waals surface area (Å²) in [4.78, 5) is 16.0.